The van der Waals surface area contributed by atoms with Crippen molar-refractivity contribution in [1.82, 2.24) is 15.0 Å². The van der Waals surface area contributed by atoms with Gasteiger partial charge in [0.15, 0.2) is 0 Å². The zero-order chi connectivity index (χ0) is 9.26. The van der Waals surface area contributed by atoms with Crippen LogP contribution < -0.4 is 0 Å². The van der Waals surface area contributed by atoms with Gasteiger partial charge in [-0.3, -0.25) is 0 Å². The highest BCUT2D eigenvalue weighted by Gasteiger charge is 2.03. The number of aromatic amines is 1. The second kappa shape index (κ2) is 3.36. The van der Waals surface area contributed by atoms with Crippen molar-refractivity contribution in [2.24, 2.45) is 0 Å². The van der Waals surface area contributed by atoms with Crippen LogP contribution >= 0.6 is 23.2 Å². The first-order chi connectivity index (χ1) is 6.25. The van der Waals surface area contributed by atoms with Gasteiger partial charge in [-0.05, 0) is 17.7 Å². The summed E-state index contributed by atoms with van der Waals surface area (Å²) in [5, 5.41) is 0.500. The predicted molar refractivity (Wildman–Crippen MR) is 51.8 cm³/mol. The molecule has 66 valence electrons. The van der Waals surface area contributed by atoms with E-state index in [4.69, 9.17) is 23.2 Å². The third-order valence-corrected chi connectivity index (χ3v) is 1.92. The van der Waals surface area contributed by atoms with Crippen molar-refractivity contribution in [2.45, 2.75) is 0 Å². The molecule has 0 saturated heterocycles. The number of rotatable bonds is 1. The van der Waals surface area contributed by atoms with Crippen molar-refractivity contribution in [3.05, 3.63) is 35.0 Å². The van der Waals surface area contributed by atoms with Crippen molar-refractivity contribution in [3.63, 3.8) is 0 Å². The van der Waals surface area contributed by atoms with Crippen LogP contribution in [0.1, 0.15) is 0 Å². The summed E-state index contributed by atoms with van der Waals surface area (Å²) >= 11 is 11.4. The molecule has 2 aromatic heterocycles. The molecule has 0 unspecified atom stereocenters. The first kappa shape index (κ1) is 8.53. The van der Waals surface area contributed by atoms with Crippen LogP contribution in [0.4, 0.5) is 0 Å². The summed E-state index contributed by atoms with van der Waals surface area (Å²) in [5.41, 5.74) is 1.65. The second-order valence-corrected chi connectivity index (χ2v) is 3.17. The molecule has 0 bridgehead atoms. The Labute approximate surface area is 84.7 Å². The second-order valence-electron chi connectivity index (χ2n) is 2.44. The van der Waals surface area contributed by atoms with Crippen LogP contribution in [0.2, 0.25) is 10.4 Å². The summed E-state index contributed by atoms with van der Waals surface area (Å²) in [6.07, 6.45) is 3.62. The minimum absolute atomic E-state index is 0.156. The third kappa shape index (κ3) is 1.82. The first-order valence-corrected chi connectivity index (χ1v) is 4.34. The molecule has 2 heterocycles. The van der Waals surface area contributed by atoms with Gasteiger partial charge in [-0.25, -0.2) is 9.97 Å². The van der Waals surface area contributed by atoms with Gasteiger partial charge < -0.3 is 4.98 Å². The van der Waals surface area contributed by atoms with E-state index < -0.39 is 0 Å². The molecule has 0 saturated carbocycles. The van der Waals surface area contributed by atoms with E-state index in [1.54, 1.807) is 12.3 Å². The van der Waals surface area contributed by atoms with Gasteiger partial charge in [0.1, 0.15) is 5.15 Å². The maximum absolute atomic E-state index is 5.72. The molecule has 13 heavy (non-hydrogen) atoms. The lowest BCUT2D eigenvalue weighted by atomic mass is 10.2. The average Bonchev–Trinajstić information content (AvgIpc) is 2.53. The molecule has 0 aliphatic heterocycles. The fourth-order valence-corrected chi connectivity index (χ4v) is 1.43. The summed E-state index contributed by atoms with van der Waals surface area (Å²) in [7, 11) is 0. The Kier molecular flexibility index (Phi) is 2.20. The van der Waals surface area contributed by atoms with Crippen LogP contribution in [0.15, 0.2) is 24.5 Å². The minimum atomic E-state index is 0.156. The molecular weight excluding hydrogens is 209 g/mol. The summed E-state index contributed by atoms with van der Waals surface area (Å²) in [5.74, 6) is 0. The van der Waals surface area contributed by atoms with E-state index in [2.05, 4.69) is 15.0 Å². The van der Waals surface area contributed by atoms with E-state index in [0.717, 1.165) is 5.56 Å². The lowest BCUT2D eigenvalue weighted by Crippen LogP contribution is -1.86. The van der Waals surface area contributed by atoms with E-state index in [1.807, 2.05) is 12.3 Å². The number of hydrogen-bond donors (Lipinski definition) is 1. The van der Waals surface area contributed by atoms with Gasteiger partial charge in [0, 0.05) is 24.0 Å². The number of halogens is 2. The summed E-state index contributed by atoms with van der Waals surface area (Å²) < 4.78 is 0. The number of nitrogens with zero attached hydrogens (tertiary/aromatic N) is 2. The topological polar surface area (TPSA) is 41.6 Å². The van der Waals surface area contributed by atoms with E-state index >= 15 is 0 Å². The molecular formula is C8H5Cl2N3. The standard InChI is InChI=1S/C8H5Cl2N3/c9-7-3-6(12-8(10)13-7)5-1-2-11-4-5/h1-4,11H. The van der Waals surface area contributed by atoms with E-state index in [0.29, 0.717) is 10.8 Å². The third-order valence-electron chi connectivity index (χ3n) is 1.56. The van der Waals surface area contributed by atoms with Gasteiger partial charge in [-0.2, -0.15) is 0 Å². The Bertz CT molecular complexity index is 391. The molecule has 5 heteroatoms. The van der Waals surface area contributed by atoms with Gasteiger partial charge in [0.25, 0.3) is 0 Å². The SMILES string of the molecule is Clc1cc(-c2cc[nH]c2)nc(Cl)n1. The fourth-order valence-electron chi connectivity index (χ4n) is 1.02. The van der Waals surface area contributed by atoms with Crippen molar-refractivity contribution in [2.75, 3.05) is 0 Å². The normalized spacial score (nSPS) is 10.3. The number of hydrogen-bond acceptors (Lipinski definition) is 2. The molecule has 0 fully saturated rings. The Hall–Kier alpha value is -1.06. The van der Waals surface area contributed by atoms with Gasteiger partial charge in [-0.1, -0.05) is 11.6 Å². The van der Waals surface area contributed by atoms with Crippen molar-refractivity contribution >= 4 is 23.2 Å². The zero-order valence-corrected chi connectivity index (χ0v) is 7.97. The van der Waals surface area contributed by atoms with Crippen molar-refractivity contribution in [1.29, 1.82) is 0 Å². The van der Waals surface area contributed by atoms with Gasteiger partial charge in [-0.15, -0.1) is 0 Å². The Balaban J connectivity index is 2.53. The summed E-state index contributed by atoms with van der Waals surface area (Å²) in [6, 6.07) is 3.55. The molecule has 0 aromatic carbocycles. The van der Waals surface area contributed by atoms with Crippen molar-refractivity contribution < 1.29 is 0 Å². The van der Waals surface area contributed by atoms with Crippen LogP contribution in [0, 0.1) is 0 Å². The lowest BCUT2D eigenvalue weighted by molar-refractivity contribution is 1.17. The monoisotopic (exact) mass is 213 g/mol. The molecule has 0 aliphatic rings. The van der Waals surface area contributed by atoms with Gasteiger partial charge in [0.2, 0.25) is 5.28 Å². The molecule has 0 radical (unpaired) electrons. The van der Waals surface area contributed by atoms with Gasteiger partial charge in [0.05, 0.1) is 5.69 Å². The highest BCUT2D eigenvalue weighted by atomic mass is 35.5. The summed E-state index contributed by atoms with van der Waals surface area (Å²) in [6.45, 7) is 0. The highest BCUT2D eigenvalue weighted by Crippen LogP contribution is 2.20. The van der Waals surface area contributed by atoms with Crippen LogP contribution in [-0.2, 0) is 0 Å². The molecule has 2 aromatic rings. The zero-order valence-electron chi connectivity index (χ0n) is 6.46. The number of nitrogens with one attached hydrogen (secondary N) is 1. The number of aromatic nitrogens is 3. The molecule has 0 aliphatic carbocycles. The van der Waals surface area contributed by atoms with Crippen LogP contribution in [0.5, 0.6) is 0 Å². The molecule has 0 amide bonds. The molecule has 0 spiro atoms. The van der Waals surface area contributed by atoms with E-state index in [1.165, 1.54) is 0 Å². The van der Waals surface area contributed by atoms with Crippen molar-refractivity contribution in [3.8, 4) is 11.3 Å². The smallest absolute Gasteiger partial charge is 0.224 e. The maximum atomic E-state index is 5.72. The van der Waals surface area contributed by atoms with Crippen LogP contribution in [0.3, 0.4) is 0 Å². The maximum Gasteiger partial charge on any atom is 0.224 e. The Morgan fingerprint density at radius 3 is 2.69 bits per heavy atom. The predicted octanol–water partition coefficient (Wildman–Crippen LogP) is 2.78. The largest absolute Gasteiger partial charge is 0.367 e. The molecule has 1 N–H and O–H groups in total. The molecule has 2 rings (SSSR count). The van der Waals surface area contributed by atoms with Crippen LogP contribution in [-0.4, -0.2) is 15.0 Å². The Morgan fingerprint density at radius 2 is 2.08 bits per heavy atom. The first-order valence-electron chi connectivity index (χ1n) is 3.59. The lowest BCUT2D eigenvalue weighted by Gasteiger charge is -1.97. The fraction of sp³-hybridized carbons (Fsp3) is 0. The van der Waals surface area contributed by atoms with E-state index in [-0.39, 0.29) is 5.28 Å². The van der Waals surface area contributed by atoms with Crippen LogP contribution in [0.25, 0.3) is 11.3 Å². The summed E-state index contributed by atoms with van der Waals surface area (Å²) in [4.78, 5) is 10.7. The average molecular weight is 214 g/mol. The molecule has 3 nitrogen and oxygen atoms in total. The number of H-pyrrole nitrogens is 1. The molecule has 0 atom stereocenters. The quantitative estimate of drug-likeness (QED) is 0.585. The minimum Gasteiger partial charge on any atom is -0.367 e. The highest BCUT2D eigenvalue weighted by molar-refractivity contribution is 6.32. The van der Waals surface area contributed by atoms with Gasteiger partial charge >= 0.3 is 0 Å². The Morgan fingerprint density at radius 1 is 1.23 bits per heavy atom. The van der Waals surface area contributed by atoms with E-state index in [9.17, 15) is 0 Å².